The minimum Gasteiger partial charge on any atom is -0.759 e. The van der Waals surface area contributed by atoms with Crippen LogP contribution in [0.4, 0.5) is 5.69 Å². The summed E-state index contributed by atoms with van der Waals surface area (Å²) in [6.45, 7) is 5.16. The van der Waals surface area contributed by atoms with Crippen LogP contribution in [0.15, 0.2) is 59.5 Å². The highest BCUT2D eigenvalue weighted by atomic mass is 32.2. The molecule has 2 heterocycles. The van der Waals surface area contributed by atoms with Gasteiger partial charge in [-0.25, -0.2) is 5.01 Å². The van der Waals surface area contributed by atoms with E-state index in [2.05, 4.69) is 16.7 Å². The molecule has 202 valence electrons. The van der Waals surface area contributed by atoms with Crippen LogP contribution >= 0.6 is 0 Å². The predicted octanol–water partition coefficient (Wildman–Crippen LogP) is 2.17. The van der Waals surface area contributed by atoms with Crippen molar-refractivity contribution in [1.82, 2.24) is 14.0 Å². The molecule has 1 saturated heterocycles. The Hall–Kier alpha value is -4.00. The van der Waals surface area contributed by atoms with Gasteiger partial charge in [-0.2, -0.15) is 9.68 Å². The highest BCUT2D eigenvalue weighted by Gasteiger charge is 2.35. The lowest BCUT2D eigenvalue weighted by atomic mass is 10.1. The molecule has 4 rings (SSSR count). The fourth-order valence-electron chi connectivity index (χ4n) is 4.61. The third-order valence-corrected chi connectivity index (χ3v) is 7.38. The van der Waals surface area contributed by atoms with Crippen molar-refractivity contribution in [3.63, 3.8) is 0 Å². The number of aromatic nitrogens is 1. The van der Waals surface area contributed by atoms with Crippen LogP contribution < -0.4 is 10.5 Å². The number of piperazine rings is 1. The Morgan fingerprint density at radius 1 is 1.08 bits per heavy atom. The van der Waals surface area contributed by atoms with Crippen molar-refractivity contribution < 1.29 is 18.7 Å². The molecule has 1 fully saturated rings. The van der Waals surface area contributed by atoms with Crippen LogP contribution in [0.25, 0.3) is 10.8 Å². The third-order valence-electron chi connectivity index (χ3n) is 6.61. The number of fused-ring (bicyclic) bond motifs is 1. The molecule has 0 amide bonds. The first-order valence-corrected chi connectivity index (χ1v) is 13.5. The summed E-state index contributed by atoms with van der Waals surface area (Å²) in [7, 11) is 0. The van der Waals surface area contributed by atoms with Crippen molar-refractivity contribution in [1.29, 1.82) is 5.26 Å². The van der Waals surface area contributed by atoms with Gasteiger partial charge in [-0.15, -0.1) is 0 Å². The van der Waals surface area contributed by atoms with E-state index in [0.29, 0.717) is 37.1 Å². The number of hydrazine groups is 1. The summed E-state index contributed by atoms with van der Waals surface area (Å²) in [4.78, 5) is 26.4. The Labute approximate surface area is 229 Å². The molecule has 3 aromatic rings. The lowest BCUT2D eigenvalue weighted by Gasteiger charge is -2.45. The maximum Gasteiger partial charge on any atom is 0.323 e. The Morgan fingerprint density at radius 3 is 2.31 bits per heavy atom. The number of carbonyl (C=O) groups is 1. The van der Waals surface area contributed by atoms with E-state index < -0.39 is 23.3 Å². The largest absolute Gasteiger partial charge is 0.759 e. The van der Waals surface area contributed by atoms with Gasteiger partial charge in [-0.3, -0.25) is 13.8 Å². The second kappa shape index (κ2) is 12.2. The molecule has 0 saturated carbocycles. The predicted molar refractivity (Wildman–Crippen MR) is 147 cm³/mol. The normalized spacial score (nSPS) is 15.5. The fraction of sp³-hybridized carbons (Fsp3) is 0.321. The first-order valence-electron chi connectivity index (χ1n) is 12.4. The van der Waals surface area contributed by atoms with Crippen molar-refractivity contribution in [2.75, 3.05) is 31.1 Å². The molecule has 1 aliphatic rings. The van der Waals surface area contributed by atoms with E-state index in [9.17, 15) is 23.5 Å². The number of rotatable bonds is 7. The lowest BCUT2D eigenvalue weighted by Crippen LogP contribution is -2.60. The van der Waals surface area contributed by atoms with Crippen molar-refractivity contribution in [3.05, 3.63) is 76.2 Å². The van der Waals surface area contributed by atoms with Crippen molar-refractivity contribution >= 4 is 33.7 Å². The molecule has 2 aromatic carbocycles. The molecule has 1 aromatic heterocycles. The van der Waals surface area contributed by atoms with Gasteiger partial charge in [0.2, 0.25) is 0 Å². The Morgan fingerprint density at radius 2 is 1.72 bits per heavy atom. The summed E-state index contributed by atoms with van der Waals surface area (Å²) in [5.41, 5.74) is 2.21. The van der Waals surface area contributed by atoms with Crippen LogP contribution in [0.5, 0.6) is 0 Å². The standard InChI is InChI=1S/C28H29N5O5S/c1-20(2)26(28(35)36)33(39(37)38)32-17-15-30(16-18-32)24-9-6-21(7-10-24)3-4-22-5-8-23-11-13-31(14-12-29)27(34)25(23)19-22/h5-11,13,19-20,26H,14-18H2,1-2H3,(H,35,36)(H,37,38)/p-1. The number of hydrogen-bond donors (Lipinski definition) is 1. The minimum atomic E-state index is -2.70. The summed E-state index contributed by atoms with van der Waals surface area (Å²) in [5.74, 6) is 4.65. The van der Waals surface area contributed by atoms with E-state index in [1.807, 2.05) is 42.5 Å². The summed E-state index contributed by atoms with van der Waals surface area (Å²) in [6, 6.07) is 15.7. The van der Waals surface area contributed by atoms with Gasteiger partial charge in [0, 0.05) is 65.8 Å². The van der Waals surface area contributed by atoms with E-state index in [-0.39, 0.29) is 18.0 Å². The number of carboxylic acid groups (broad SMARTS) is 1. The molecule has 0 bridgehead atoms. The van der Waals surface area contributed by atoms with Crippen LogP contribution in [0, 0.1) is 29.1 Å². The van der Waals surface area contributed by atoms with E-state index in [1.165, 1.54) is 4.57 Å². The molecule has 1 N–H and O–H groups in total. The summed E-state index contributed by atoms with van der Waals surface area (Å²) >= 11 is -2.70. The molecule has 11 heteroatoms. The maximum atomic E-state index is 12.6. The maximum absolute atomic E-state index is 12.6. The number of hydrogen-bond acceptors (Lipinski definition) is 7. The molecule has 0 radical (unpaired) electrons. The second-order valence-electron chi connectivity index (χ2n) is 9.49. The van der Waals surface area contributed by atoms with Gasteiger partial charge in [-0.1, -0.05) is 31.8 Å². The lowest BCUT2D eigenvalue weighted by molar-refractivity contribution is -0.149. The number of carboxylic acids is 1. The molecule has 10 nitrogen and oxygen atoms in total. The van der Waals surface area contributed by atoms with E-state index in [0.717, 1.165) is 21.1 Å². The molecule has 2 unspecified atom stereocenters. The zero-order chi connectivity index (χ0) is 28.1. The first-order chi connectivity index (χ1) is 18.7. The monoisotopic (exact) mass is 546 g/mol. The zero-order valence-electron chi connectivity index (χ0n) is 21.6. The smallest absolute Gasteiger partial charge is 0.323 e. The third kappa shape index (κ3) is 6.36. The highest BCUT2D eigenvalue weighted by Crippen LogP contribution is 2.22. The zero-order valence-corrected chi connectivity index (χ0v) is 22.4. The SMILES string of the molecule is CC(C)C(C(=O)O)N(N1CCN(c2ccc(C#Cc3ccc4ccn(CC#N)c(=O)c4c3)cc2)CC1)S(=O)[O-]. The number of nitrogens with zero attached hydrogens (tertiary/aromatic N) is 5. The van der Waals surface area contributed by atoms with Gasteiger partial charge in [0.1, 0.15) is 12.6 Å². The second-order valence-corrected chi connectivity index (χ2v) is 10.3. The Balaban J connectivity index is 1.44. The van der Waals surface area contributed by atoms with Crippen LogP contribution in [-0.2, 0) is 22.6 Å². The average Bonchev–Trinajstić information content (AvgIpc) is 2.92. The van der Waals surface area contributed by atoms with Crippen LogP contribution in [0.3, 0.4) is 0 Å². The molecule has 2 atom stereocenters. The highest BCUT2D eigenvalue weighted by molar-refractivity contribution is 7.76. The van der Waals surface area contributed by atoms with E-state index in [1.54, 1.807) is 37.2 Å². The summed E-state index contributed by atoms with van der Waals surface area (Å²) in [5, 5.41) is 21.4. The number of benzene rings is 2. The average molecular weight is 547 g/mol. The van der Waals surface area contributed by atoms with Crippen molar-refractivity contribution in [2.24, 2.45) is 5.92 Å². The molecule has 1 aliphatic heterocycles. The van der Waals surface area contributed by atoms with Gasteiger partial charge < -0.3 is 19.1 Å². The van der Waals surface area contributed by atoms with Gasteiger partial charge in [0.25, 0.3) is 5.56 Å². The van der Waals surface area contributed by atoms with E-state index in [4.69, 9.17) is 5.26 Å². The summed E-state index contributed by atoms with van der Waals surface area (Å²) in [6.07, 6.45) is 1.61. The van der Waals surface area contributed by atoms with Gasteiger partial charge >= 0.3 is 5.97 Å². The Kier molecular flexibility index (Phi) is 8.79. The first kappa shape index (κ1) is 28.0. The minimum absolute atomic E-state index is 0.0106. The molecule has 39 heavy (non-hydrogen) atoms. The quantitative estimate of drug-likeness (QED) is 0.352. The summed E-state index contributed by atoms with van der Waals surface area (Å²) < 4.78 is 26.1. The topological polar surface area (TPSA) is 133 Å². The van der Waals surface area contributed by atoms with Crippen molar-refractivity contribution in [3.8, 4) is 17.9 Å². The van der Waals surface area contributed by atoms with Crippen molar-refractivity contribution in [2.45, 2.75) is 26.4 Å². The van der Waals surface area contributed by atoms with Crippen LogP contribution in [0.2, 0.25) is 0 Å². The van der Waals surface area contributed by atoms with Crippen LogP contribution in [0.1, 0.15) is 25.0 Å². The number of anilines is 1. The van der Waals surface area contributed by atoms with Crippen LogP contribution in [-0.4, -0.2) is 66.0 Å². The fourth-order valence-corrected chi connectivity index (χ4v) is 5.48. The number of pyridine rings is 1. The molecular formula is C28H28N5O5S-. The number of aliphatic carboxylic acids is 1. The van der Waals surface area contributed by atoms with Gasteiger partial charge in [0.15, 0.2) is 0 Å². The number of nitriles is 1. The van der Waals surface area contributed by atoms with Gasteiger partial charge in [0.05, 0.1) is 6.07 Å². The Bertz CT molecular complexity index is 1540. The van der Waals surface area contributed by atoms with Gasteiger partial charge in [-0.05, 0) is 53.8 Å². The van der Waals surface area contributed by atoms with E-state index >= 15 is 0 Å². The molecular weight excluding hydrogens is 518 g/mol. The molecule has 0 aliphatic carbocycles. The molecule has 0 spiro atoms.